The summed E-state index contributed by atoms with van der Waals surface area (Å²) in [5, 5.41) is 13.9. The molecule has 1 aromatic rings. The van der Waals surface area contributed by atoms with Crippen molar-refractivity contribution in [1.29, 1.82) is 0 Å². The van der Waals surface area contributed by atoms with E-state index in [4.69, 9.17) is 9.26 Å². The number of ether oxygens (including phenoxy) is 1. The highest BCUT2D eigenvalue weighted by atomic mass is 16.5. The van der Waals surface area contributed by atoms with Gasteiger partial charge in [-0.05, 0) is 25.7 Å². The van der Waals surface area contributed by atoms with Crippen molar-refractivity contribution in [1.82, 2.24) is 10.1 Å². The van der Waals surface area contributed by atoms with Crippen molar-refractivity contribution in [2.24, 2.45) is 0 Å². The molecule has 2 atom stereocenters. The van der Waals surface area contributed by atoms with Crippen LogP contribution in [-0.2, 0) is 17.9 Å². The zero-order chi connectivity index (χ0) is 12.5. The monoisotopic (exact) mass is 252 g/mol. The highest BCUT2D eigenvalue weighted by Gasteiger charge is 2.40. The molecule has 0 aromatic carbocycles. The molecule has 0 spiro atoms. The molecule has 2 saturated heterocycles. The lowest BCUT2D eigenvalue weighted by Crippen LogP contribution is -2.44. The van der Waals surface area contributed by atoms with Crippen molar-refractivity contribution in [2.45, 2.75) is 57.0 Å². The third kappa shape index (κ3) is 2.30. The molecule has 0 radical (unpaired) electrons. The number of piperidine rings is 1. The topological polar surface area (TPSA) is 58.7 Å². The van der Waals surface area contributed by atoms with Crippen LogP contribution in [0.25, 0.3) is 0 Å². The fourth-order valence-corrected chi connectivity index (χ4v) is 3.33. The molecule has 2 fully saturated rings. The fourth-order valence-electron chi connectivity index (χ4n) is 3.33. The average Bonchev–Trinajstić information content (AvgIpc) is 2.85. The minimum Gasteiger partial charge on any atom is -0.393 e. The average molecular weight is 252 g/mol. The predicted octanol–water partition coefficient (Wildman–Crippen LogP) is 1.31. The van der Waals surface area contributed by atoms with Gasteiger partial charge in [0, 0.05) is 31.8 Å². The van der Waals surface area contributed by atoms with Crippen LogP contribution in [-0.4, -0.2) is 40.5 Å². The number of methoxy groups -OCH3 is 1. The van der Waals surface area contributed by atoms with Crippen LogP contribution in [0.5, 0.6) is 0 Å². The Bertz CT molecular complexity index is 393. The third-order valence-corrected chi connectivity index (χ3v) is 4.10. The fraction of sp³-hybridized carbons (Fsp3) is 0.769. The second-order valence-corrected chi connectivity index (χ2v) is 5.40. The molecule has 5 heteroatoms. The van der Waals surface area contributed by atoms with Gasteiger partial charge in [-0.15, -0.1) is 0 Å². The van der Waals surface area contributed by atoms with Gasteiger partial charge in [0.25, 0.3) is 0 Å². The van der Waals surface area contributed by atoms with E-state index in [1.807, 2.05) is 6.07 Å². The van der Waals surface area contributed by atoms with E-state index < -0.39 is 0 Å². The molecule has 1 N–H and O–H groups in total. The largest absolute Gasteiger partial charge is 0.393 e. The van der Waals surface area contributed by atoms with Gasteiger partial charge in [0.15, 0.2) is 5.76 Å². The van der Waals surface area contributed by atoms with Gasteiger partial charge >= 0.3 is 0 Å². The summed E-state index contributed by atoms with van der Waals surface area (Å²) < 4.78 is 10.2. The Hall–Kier alpha value is -0.910. The van der Waals surface area contributed by atoms with Gasteiger partial charge in [-0.3, -0.25) is 4.90 Å². The first-order chi connectivity index (χ1) is 8.76. The Balaban J connectivity index is 1.65. The van der Waals surface area contributed by atoms with Crippen molar-refractivity contribution in [3.05, 3.63) is 17.5 Å². The van der Waals surface area contributed by atoms with E-state index in [2.05, 4.69) is 10.1 Å². The summed E-state index contributed by atoms with van der Waals surface area (Å²) in [6.07, 6.45) is 4.09. The Labute approximate surface area is 107 Å². The van der Waals surface area contributed by atoms with Gasteiger partial charge in [-0.1, -0.05) is 5.16 Å². The maximum atomic E-state index is 9.77. The van der Waals surface area contributed by atoms with E-state index in [1.165, 1.54) is 12.8 Å². The van der Waals surface area contributed by atoms with Gasteiger partial charge in [0.05, 0.1) is 11.8 Å². The second kappa shape index (κ2) is 4.99. The molecule has 2 unspecified atom stereocenters. The molecule has 3 rings (SSSR count). The lowest BCUT2D eigenvalue weighted by atomic mass is 10.00. The summed E-state index contributed by atoms with van der Waals surface area (Å²) in [5.41, 5.74) is 0.968. The number of rotatable bonds is 4. The van der Waals surface area contributed by atoms with Crippen LogP contribution in [0.3, 0.4) is 0 Å². The van der Waals surface area contributed by atoms with E-state index in [9.17, 15) is 5.11 Å². The Kier molecular flexibility index (Phi) is 3.37. The molecule has 0 saturated carbocycles. The summed E-state index contributed by atoms with van der Waals surface area (Å²) in [6.45, 7) is 1.30. The standard InChI is InChI=1S/C13H20N2O3/c1-17-8-13-4-9(14-18-13)7-15-10-2-3-11(15)6-12(16)5-10/h4,10-12,16H,2-3,5-8H2,1H3. The van der Waals surface area contributed by atoms with E-state index >= 15 is 0 Å². The summed E-state index contributed by atoms with van der Waals surface area (Å²) >= 11 is 0. The van der Waals surface area contributed by atoms with Crippen LogP contribution in [0.4, 0.5) is 0 Å². The van der Waals surface area contributed by atoms with Gasteiger partial charge in [0.1, 0.15) is 6.61 Å². The number of nitrogens with zero attached hydrogens (tertiary/aromatic N) is 2. The predicted molar refractivity (Wildman–Crippen MR) is 64.8 cm³/mol. The molecule has 5 nitrogen and oxygen atoms in total. The maximum absolute atomic E-state index is 9.77. The van der Waals surface area contributed by atoms with Gasteiger partial charge in [-0.25, -0.2) is 0 Å². The lowest BCUT2D eigenvalue weighted by molar-refractivity contribution is 0.0299. The molecular formula is C13H20N2O3. The van der Waals surface area contributed by atoms with Crippen LogP contribution in [0.2, 0.25) is 0 Å². The van der Waals surface area contributed by atoms with Crippen molar-refractivity contribution >= 4 is 0 Å². The minimum absolute atomic E-state index is 0.111. The van der Waals surface area contributed by atoms with Crippen molar-refractivity contribution in [3.63, 3.8) is 0 Å². The van der Waals surface area contributed by atoms with Crippen molar-refractivity contribution in [2.75, 3.05) is 7.11 Å². The zero-order valence-corrected chi connectivity index (χ0v) is 10.7. The van der Waals surface area contributed by atoms with E-state index in [-0.39, 0.29) is 6.10 Å². The molecule has 100 valence electrons. The highest BCUT2D eigenvalue weighted by molar-refractivity contribution is 5.07. The molecule has 2 bridgehead atoms. The van der Waals surface area contributed by atoms with Crippen LogP contribution >= 0.6 is 0 Å². The van der Waals surface area contributed by atoms with E-state index in [0.717, 1.165) is 30.8 Å². The molecule has 0 amide bonds. The number of aliphatic hydroxyl groups is 1. The zero-order valence-electron chi connectivity index (χ0n) is 10.7. The summed E-state index contributed by atoms with van der Waals surface area (Å²) in [7, 11) is 1.65. The molecule has 2 aliphatic heterocycles. The summed E-state index contributed by atoms with van der Waals surface area (Å²) in [6, 6.07) is 3.00. The van der Waals surface area contributed by atoms with Gasteiger partial charge < -0.3 is 14.4 Å². The SMILES string of the molecule is COCc1cc(CN2C3CCC2CC(O)C3)no1. The summed E-state index contributed by atoms with van der Waals surface area (Å²) in [5.74, 6) is 0.775. The smallest absolute Gasteiger partial charge is 0.162 e. The number of fused-ring (bicyclic) bond motifs is 2. The molecule has 1 aromatic heterocycles. The quantitative estimate of drug-likeness (QED) is 0.875. The molecule has 3 heterocycles. The number of hydrogen-bond donors (Lipinski definition) is 1. The van der Waals surface area contributed by atoms with Crippen molar-refractivity contribution < 1.29 is 14.4 Å². The molecule has 2 aliphatic rings. The Morgan fingerprint density at radius 1 is 1.44 bits per heavy atom. The maximum Gasteiger partial charge on any atom is 0.162 e. The molecular weight excluding hydrogens is 232 g/mol. The minimum atomic E-state index is -0.111. The van der Waals surface area contributed by atoms with Crippen molar-refractivity contribution in [3.8, 4) is 0 Å². The second-order valence-electron chi connectivity index (χ2n) is 5.40. The first kappa shape index (κ1) is 12.1. The number of aromatic nitrogens is 1. The third-order valence-electron chi connectivity index (χ3n) is 4.10. The van der Waals surface area contributed by atoms with E-state index in [1.54, 1.807) is 7.11 Å². The van der Waals surface area contributed by atoms with Crippen LogP contribution in [0, 0.1) is 0 Å². The van der Waals surface area contributed by atoms with Crippen LogP contribution in [0.1, 0.15) is 37.1 Å². The normalized spacial score (nSPS) is 32.0. The lowest BCUT2D eigenvalue weighted by Gasteiger charge is -2.36. The van der Waals surface area contributed by atoms with Crippen LogP contribution in [0.15, 0.2) is 10.6 Å². The molecule has 18 heavy (non-hydrogen) atoms. The summed E-state index contributed by atoms with van der Waals surface area (Å²) in [4.78, 5) is 2.47. The van der Waals surface area contributed by atoms with E-state index in [0.29, 0.717) is 18.7 Å². The first-order valence-electron chi connectivity index (χ1n) is 6.63. The number of hydrogen-bond acceptors (Lipinski definition) is 5. The van der Waals surface area contributed by atoms with Gasteiger partial charge in [-0.2, -0.15) is 0 Å². The Morgan fingerprint density at radius 3 is 2.83 bits per heavy atom. The van der Waals surface area contributed by atoms with Crippen LogP contribution < -0.4 is 0 Å². The highest BCUT2D eigenvalue weighted by Crippen LogP contribution is 2.36. The molecule has 0 aliphatic carbocycles. The Morgan fingerprint density at radius 2 is 2.17 bits per heavy atom. The van der Waals surface area contributed by atoms with Gasteiger partial charge in [0.2, 0.25) is 0 Å². The number of aliphatic hydroxyl groups excluding tert-OH is 1. The first-order valence-corrected chi connectivity index (χ1v) is 6.63.